The van der Waals surface area contributed by atoms with Crippen molar-refractivity contribution in [3.8, 4) is 0 Å². The fraction of sp³-hybridized carbons (Fsp3) is 1.00. The van der Waals surface area contributed by atoms with Crippen LogP contribution < -0.4 is 0 Å². The second-order valence-corrected chi connectivity index (χ2v) is 3.57. The molecular weight excluding hydrogens is 139 g/mol. The molecule has 4 atom stereocenters. The first-order valence-electron chi connectivity index (χ1n) is 4.24. The van der Waals surface area contributed by atoms with E-state index in [1.165, 1.54) is 0 Å². The van der Waals surface area contributed by atoms with Crippen LogP contribution in [0.3, 0.4) is 0 Å². The van der Waals surface area contributed by atoms with E-state index in [9.17, 15) is 0 Å². The molecule has 3 heteroatoms. The Morgan fingerprint density at radius 1 is 1.64 bits per heavy atom. The van der Waals surface area contributed by atoms with Gasteiger partial charge in [-0.25, -0.2) is 0 Å². The molecule has 2 rings (SSSR count). The molecule has 2 unspecified atom stereocenters. The van der Waals surface area contributed by atoms with Gasteiger partial charge in [0, 0.05) is 11.9 Å². The molecule has 0 spiro atoms. The summed E-state index contributed by atoms with van der Waals surface area (Å²) in [6, 6.07) is -0.196. The SMILES string of the molecule is [B]C1OC2(CC)CO[C@@H]1[C@@H]2C. The van der Waals surface area contributed by atoms with E-state index in [0.29, 0.717) is 5.92 Å². The van der Waals surface area contributed by atoms with E-state index in [-0.39, 0.29) is 17.7 Å². The molecule has 60 valence electrons. The van der Waals surface area contributed by atoms with Gasteiger partial charge in [-0.3, -0.25) is 0 Å². The van der Waals surface area contributed by atoms with Gasteiger partial charge in [0.25, 0.3) is 0 Å². The number of hydrogen-bond acceptors (Lipinski definition) is 2. The van der Waals surface area contributed by atoms with Gasteiger partial charge in [-0.05, 0) is 6.42 Å². The lowest BCUT2D eigenvalue weighted by atomic mass is 9.85. The molecule has 0 N–H and O–H groups in total. The van der Waals surface area contributed by atoms with Crippen LogP contribution in [0.15, 0.2) is 0 Å². The van der Waals surface area contributed by atoms with Crippen molar-refractivity contribution in [3.05, 3.63) is 0 Å². The first-order valence-corrected chi connectivity index (χ1v) is 4.24. The van der Waals surface area contributed by atoms with Crippen molar-refractivity contribution < 1.29 is 9.47 Å². The molecule has 2 fully saturated rings. The second-order valence-electron chi connectivity index (χ2n) is 3.57. The van der Waals surface area contributed by atoms with E-state index in [0.717, 1.165) is 13.0 Å². The third-order valence-electron chi connectivity index (χ3n) is 3.14. The topological polar surface area (TPSA) is 18.5 Å². The van der Waals surface area contributed by atoms with Crippen molar-refractivity contribution in [2.24, 2.45) is 5.92 Å². The van der Waals surface area contributed by atoms with Gasteiger partial charge in [0.2, 0.25) is 0 Å². The van der Waals surface area contributed by atoms with Gasteiger partial charge in [-0.1, -0.05) is 13.8 Å². The highest BCUT2D eigenvalue weighted by Crippen LogP contribution is 2.45. The van der Waals surface area contributed by atoms with E-state index in [2.05, 4.69) is 13.8 Å². The average Bonchev–Trinajstić information content (AvgIpc) is 2.42. The Morgan fingerprint density at radius 2 is 2.36 bits per heavy atom. The van der Waals surface area contributed by atoms with E-state index >= 15 is 0 Å². The molecule has 2 radical (unpaired) electrons. The molecule has 0 aliphatic carbocycles. The van der Waals surface area contributed by atoms with Crippen molar-refractivity contribution in [2.45, 2.75) is 38.0 Å². The summed E-state index contributed by atoms with van der Waals surface area (Å²) < 4.78 is 11.2. The molecule has 2 bridgehead atoms. The Hall–Kier alpha value is -0.0151. The summed E-state index contributed by atoms with van der Waals surface area (Å²) >= 11 is 0. The van der Waals surface area contributed by atoms with Gasteiger partial charge < -0.3 is 9.47 Å². The lowest BCUT2D eigenvalue weighted by Crippen LogP contribution is -2.37. The maximum atomic E-state index is 5.72. The van der Waals surface area contributed by atoms with Gasteiger partial charge in [-0.2, -0.15) is 0 Å². The Bertz CT molecular complexity index is 173. The van der Waals surface area contributed by atoms with Gasteiger partial charge in [0.1, 0.15) is 7.85 Å². The van der Waals surface area contributed by atoms with Crippen molar-refractivity contribution >= 4 is 7.85 Å². The van der Waals surface area contributed by atoms with E-state index in [1.54, 1.807) is 0 Å². The highest BCUT2D eigenvalue weighted by molar-refractivity contribution is 6.11. The summed E-state index contributed by atoms with van der Waals surface area (Å²) in [5.41, 5.74) is -0.0654. The number of fused-ring (bicyclic) bond motifs is 2. The molecule has 0 aromatic heterocycles. The van der Waals surface area contributed by atoms with Crippen molar-refractivity contribution in [1.29, 1.82) is 0 Å². The highest BCUT2D eigenvalue weighted by atomic mass is 16.6. The highest BCUT2D eigenvalue weighted by Gasteiger charge is 2.55. The third kappa shape index (κ3) is 0.813. The first kappa shape index (κ1) is 7.62. The summed E-state index contributed by atoms with van der Waals surface area (Å²) in [7, 11) is 5.72. The fourth-order valence-electron chi connectivity index (χ4n) is 2.18. The summed E-state index contributed by atoms with van der Waals surface area (Å²) in [5, 5.41) is 0. The quantitative estimate of drug-likeness (QED) is 0.514. The molecule has 2 aliphatic rings. The first-order chi connectivity index (χ1) is 5.19. The molecule has 11 heavy (non-hydrogen) atoms. The smallest absolute Gasteiger partial charge is 0.112 e. The van der Waals surface area contributed by atoms with E-state index in [4.69, 9.17) is 17.3 Å². The van der Waals surface area contributed by atoms with Crippen LogP contribution in [-0.4, -0.2) is 32.2 Å². The predicted molar refractivity (Wildman–Crippen MR) is 42.6 cm³/mol. The Kier molecular flexibility index (Phi) is 1.55. The van der Waals surface area contributed by atoms with Crippen molar-refractivity contribution in [2.75, 3.05) is 6.61 Å². The summed E-state index contributed by atoms with van der Waals surface area (Å²) in [5.74, 6) is 0.461. The Morgan fingerprint density at radius 3 is 2.64 bits per heavy atom. The average molecular weight is 152 g/mol. The van der Waals surface area contributed by atoms with Crippen LogP contribution in [0.25, 0.3) is 0 Å². The van der Waals surface area contributed by atoms with Gasteiger partial charge in [0.05, 0.1) is 18.3 Å². The number of hydrogen-bond donors (Lipinski definition) is 0. The van der Waals surface area contributed by atoms with Crippen LogP contribution in [0.1, 0.15) is 20.3 Å². The lowest BCUT2D eigenvalue weighted by molar-refractivity contribution is -0.115. The maximum Gasteiger partial charge on any atom is 0.112 e. The molecule has 2 saturated heterocycles. The predicted octanol–water partition coefficient (Wildman–Crippen LogP) is 0.695. The van der Waals surface area contributed by atoms with Crippen molar-refractivity contribution in [1.82, 2.24) is 0 Å². The largest absolute Gasteiger partial charge is 0.376 e. The Labute approximate surface area is 68.7 Å². The third-order valence-corrected chi connectivity index (χ3v) is 3.14. The standard InChI is InChI=1S/C8H13BO2/c1-3-8-4-10-6(5(8)2)7(9)11-8/h5-7H,3-4H2,1-2H3/t5-,6+,7?,8?/m0/s1. The fourth-order valence-corrected chi connectivity index (χ4v) is 2.18. The molecule has 2 aliphatic heterocycles. The lowest BCUT2D eigenvalue weighted by Gasteiger charge is -2.29. The minimum Gasteiger partial charge on any atom is -0.376 e. The zero-order valence-electron chi connectivity index (χ0n) is 7.04. The summed E-state index contributed by atoms with van der Waals surface area (Å²) in [6.45, 7) is 5.01. The zero-order chi connectivity index (χ0) is 8.06. The normalized spacial score (nSPS) is 55.3. The van der Waals surface area contributed by atoms with E-state index < -0.39 is 0 Å². The van der Waals surface area contributed by atoms with Crippen LogP contribution in [-0.2, 0) is 9.47 Å². The molecule has 0 amide bonds. The molecule has 0 aromatic rings. The van der Waals surface area contributed by atoms with Gasteiger partial charge in [-0.15, -0.1) is 0 Å². The molecule has 2 nitrogen and oxygen atoms in total. The maximum absolute atomic E-state index is 5.72. The molecular formula is C8H13BO2. The minimum atomic E-state index is -0.196. The zero-order valence-corrected chi connectivity index (χ0v) is 7.04. The van der Waals surface area contributed by atoms with Crippen LogP contribution in [0.2, 0.25) is 0 Å². The molecule has 0 aromatic carbocycles. The van der Waals surface area contributed by atoms with Crippen LogP contribution in [0, 0.1) is 5.92 Å². The minimum absolute atomic E-state index is 0.0654. The Balaban J connectivity index is 2.24. The van der Waals surface area contributed by atoms with Crippen LogP contribution in [0.4, 0.5) is 0 Å². The second kappa shape index (κ2) is 2.24. The van der Waals surface area contributed by atoms with Crippen LogP contribution >= 0.6 is 0 Å². The summed E-state index contributed by atoms with van der Waals surface area (Å²) in [4.78, 5) is 0. The van der Waals surface area contributed by atoms with Gasteiger partial charge in [0.15, 0.2) is 0 Å². The molecule has 0 saturated carbocycles. The van der Waals surface area contributed by atoms with Crippen LogP contribution in [0.5, 0.6) is 0 Å². The number of ether oxygens (including phenoxy) is 2. The van der Waals surface area contributed by atoms with Crippen molar-refractivity contribution in [3.63, 3.8) is 0 Å². The number of rotatable bonds is 1. The summed E-state index contributed by atoms with van der Waals surface area (Å²) in [6.07, 6.45) is 1.13. The van der Waals surface area contributed by atoms with Gasteiger partial charge >= 0.3 is 0 Å². The van der Waals surface area contributed by atoms with E-state index in [1.807, 2.05) is 0 Å². The monoisotopic (exact) mass is 152 g/mol. The molecule has 2 heterocycles.